The summed E-state index contributed by atoms with van der Waals surface area (Å²) in [6.07, 6.45) is 6.71. The molecule has 0 radical (unpaired) electrons. The monoisotopic (exact) mass is 226 g/mol. The van der Waals surface area contributed by atoms with Gasteiger partial charge in [-0.15, -0.1) is 0 Å². The Morgan fingerprint density at radius 2 is 2.06 bits per heavy atom. The molecule has 1 rings (SSSR count). The largest absolute Gasteiger partial charge is 0.396 e. The molecule has 2 amide bonds. The van der Waals surface area contributed by atoms with E-state index in [0.29, 0.717) is 13.0 Å². The van der Waals surface area contributed by atoms with Gasteiger partial charge in [0.1, 0.15) is 0 Å². The number of aliphatic hydroxyl groups excluding tert-OH is 1. The maximum Gasteiger partial charge on any atom is 0.315 e. The van der Waals surface area contributed by atoms with Crippen LogP contribution >= 0.6 is 0 Å². The van der Waals surface area contributed by atoms with E-state index in [9.17, 15) is 4.79 Å². The molecule has 0 fully saturated rings. The lowest BCUT2D eigenvalue weighted by Crippen LogP contribution is -2.44. The maximum atomic E-state index is 11.5. The number of aliphatic hydroxyl groups is 1. The van der Waals surface area contributed by atoms with E-state index in [1.165, 1.54) is 0 Å². The molecule has 0 aromatic rings. The summed E-state index contributed by atoms with van der Waals surface area (Å²) in [6.45, 7) is 4.80. The second-order valence-electron chi connectivity index (χ2n) is 5.10. The molecule has 0 heterocycles. The van der Waals surface area contributed by atoms with E-state index < -0.39 is 0 Å². The molecule has 1 aliphatic rings. The molecular weight excluding hydrogens is 204 g/mol. The fraction of sp³-hybridized carbons (Fsp3) is 0.750. The predicted octanol–water partition coefficient (Wildman–Crippen LogP) is 1.41. The summed E-state index contributed by atoms with van der Waals surface area (Å²) in [5, 5.41) is 14.6. The van der Waals surface area contributed by atoms with E-state index >= 15 is 0 Å². The van der Waals surface area contributed by atoms with Crippen LogP contribution in [0.5, 0.6) is 0 Å². The van der Waals surface area contributed by atoms with Crippen LogP contribution in [0.4, 0.5) is 4.79 Å². The molecule has 92 valence electrons. The first kappa shape index (κ1) is 13.0. The quantitative estimate of drug-likeness (QED) is 0.621. The van der Waals surface area contributed by atoms with Crippen LogP contribution in [0.25, 0.3) is 0 Å². The van der Waals surface area contributed by atoms with Crippen LogP contribution in [0.2, 0.25) is 0 Å². The van der Waals surface area contributed by atoms with Gasteiger partial charge in [-0.1, -0.05) is 26.0 Å². The van der Waals surface area contributed by atoms with E-state index in [4.69, 9.17) is 5.11 Å². The minimum absolute atomic E-state index is 0.0555. The van der Waals surface area contributed by atoms with Crippen LogP contribution in [-0.4, -0.2) is 30.3 Å². The molecule has 0 atom stereocenters. The summed E-state index contributed by atoms with van der Waals surface area (Å²) in [7, 11) is 0. The lowest BCUT2D eigenvalue weighted by atomic mass is 9.90. The van der Waals surface area contributed by atoms with Crippen LogP contribution in [-0.2, 0) is 0 Å². The number of rotatable bonds is 5. The molecule has 0 spiro atoms. The molecule has 3 N–H and O–H groups in total. The van der Waals surface area contributed by atoms with Crippen LogP contribution < -0.4 is 10.6 Å². The second-order valence-corrected chi connectivity index (χ2v) is 5.10. The molecule has 0 bridgehead atoms. The Morgan fingerprint density at radius 3 is 2.62 bits per heavy atom. The Bertz CT molecular complexity index is 254. The molecule has 0 saturated carbocycles. The Hall–Kier alpha value is -1.03. The summed E-state index contributed by atoms with van der Waals surface area (Å²) in [5.74, 6) is 0. The molecule has 4 nitrogen and oxygen atoms in total. The molecular formula is C12H22N2O2. The number of hydrogen-bond acceptors (Lipinski definition) is 2. The van der Waals surface area contributed by atoms with Crippen molar-refractivity contribution in [1.29, 1.82) is 0 Å². The number of amides is 2. The molecule has 16 heavy (non-hydrogen) atoms. The van der Waals surface area contributed by atoms with E-state index in [0.717, 1.165) is 12.8 Å². The standard InChI is InChI=1S/C12H22N2O2/c1-12(2,7-8-15)9-13-11(16)14-10-5-3-4-6-10/h3-4,10,15H,5-9H2,1-2H3,(H2,13,14,16). The number of carbonyl (C=O) groups is 1. The lowest BCUT2D eigenvalue weighted by Gasteiger charge is -2.24. The molecule has 0 unspecified atom stereocenters. The summed E-state index contributed by atoms with van der Waals surface area (Å²) in [5.41, 5.74) is -0.0555. The van der Waals surface area contributed by atoms with Gasteiger partial charge in [0.05, 0.1) is 0 Å². The average Bonchev–Trinajstić information content (AvgIpc) is 2.68. The topological polar surface area (TPSA) is 61.4 Å². The van der Waals surface area contributed by atoms with Gasteiger partial charge in [-0.05, 0) is 24.7 Å². The second kappa shape index (κ2) is 5.89. The van der Waals surface area contributed by atoms with Gasteiger partial charge in [0, 0.05) is 19.2 Å². The van der Waals surface area contributed by atoms with Crippen molar-refractivity contribution in [2.24, 2.45) is 5.41 Å². The van der Waals surface area contributed by atoms with Gasteiger partial charge in [-0.25, -0.2) is 4.79 Å². The van der Waals surface area contributed by atoms with Gasteiger partial charge in [0.15, 0.2) is 0 Å². The van der Waals surface area contributed by atoms with Crippen LogP contribution in [0.3, 0.4) is 0 Å². The first-order valence-electron chi connectivity index (χ1n) is 5.84. The van der Waals surface area contributed by atoms with E-state index in [1.54, 1.807) is 0 Å². The van der Waals surface area contributed by atoms with E-state index in [-0.39, 0.29) is 24.1 Å². The first-order chi connectivity index (χ1) is 7.53. The zero-order valence-corrected chi connectivity index (χ0v) is 10.1. The maximum absolute atomic E-state index is 11.5. The third kappa shape index (κ3) is 4.66. The van der Waals surface area contributed by atoms with Crippen LogP contribution in [0, 0.1) is 5.41 Å². The zero-order valence-electron chi connectivity index (χ0n) is 10.1. The highest BCUT2D eigenvalue weighted by molar-refractivity contribution is 5.74. The highest BCUT2D eigenvalue weighted by Gasteiger charge is 2.19. The predicted molar refractivity (Wildman–Crippen MR) is 64.2 cm³/mol. The number of nitrogens with one attached hydrogen (secondary N) is 2. The summed E-state index contributed by atoms with van der Waals surface area (Å²) in [4.78, 5) is 11.5. The van der Waals surface area contributed by atoms with Crippen molar-refractivity contribution in [3.63, 3.8) is 0 Å². The first-order valence-corrected chi connectivity index (χ1v) is 5.84. The van der Waals surface area contributed by atoms with Crippen molar-refractivity contribution in [3.8, 4) is 0 Å². The summed E-state index contributed by atoms with van der Waals surface area (Å²) < 4.78 is 0. The number of carbonyl (C=O) groups excluding carboxylic acids is 1. The summed E-state index contributed by atoms with van der Waals surface area (Å²) >= 11 is 0. The third-order valence-electron chi connectivity index (χ3n) is 2.86. The molecule has 0 aromatic heterocycles. The van der Waals surface area contributed by atoms with Gasteiger partial charge in [0.25, 0.3) is 0 Å². The Morgan fingerprint density at radius 1 is 1.44 bits per heavy atom. The van der Waals surface area contributed by atoms with E-state index in [1.807, 2.05) is 13.8 Å². The fourth-order valence-corrected chi connectivity index (χ4v) is 1.68. The Labute approximate surface area is 97.1 Å². The minimum Gasteiger partial charge on any atom is -0.396 e. The van der Waals surface area contributed by atoms with Gasteiger partial charge >= 0.3 is 6.03 Å². The van der Waals surface area contributed by atoms with Crippen molar-refractivity contribution < 1.29 is 9.90 Å². The van der Waals surface area contributed by atoms with Gasteiger partial charge in [0.2, 0.25) is 0 Å². The highest BCUT2D eigenvalue weighted by atomic mass is 16.3. The summed E-state index contributed by atoms with van der Waals surface area (Å²) in [6, 6.07) is 0.140. The zero-order chi connectivity index (χ0) is 12.0. The van der Waals surface area contributed by atoms with Crippen molar-refractivity contribution >= 4 is 6.03 Å². The van der Waals surface area contributed by atoms with Crippen LogP contribution in [0.15, 0.2) is 12.2 Å². The van der Waals surface area contributed by atoms with Crippen molar-refractivity contribution in [2.75, 3.05) is 13.2 Å². The SMILES string of the molecule is CC(C)(CCO)CNC(=O)NC1CC=CC1. The average molecular weight is 226 g/mol. The van der Waals surface area contributed by atoms with Crippen LogP contribution in [0.1, 0.15) is 33.1 Å². The third-order valence-corrected chi connectivity index (χ3v) is 2.86. The molecule has 0 saturated heterocycles. The fourth-order valence-electron chi connectivity index (χ4n) is 1.68. The molecule has 0 aromatic carbocycles. The smallest absolute Gasteiger partial charge is 0.315 e. The molecule has 1 aliphatic carbocycles. The minimum atomic E-state index is -0.111. The number of hydrogen-bond donors (Lipinski definition) is 3. The Balaban J connectivity index is 2.19. The van der Waals surface area contributed by atoms with Gasteiger partial charge in [-0.3, -0.25) is 0 Å². The van der Waals surface area contributed by atoms with Crippen molar-refractivity contribution in [1.82, 2.24) is 10.6 Å². The van der Waals surface area contributed by atoms with Gasteiger partial charge in [-0.2, -0.15) is 0 Å². The lowest BCUT2D eigenvalue weighted by molar-refractivity contribution is 0.200. The van der Waals surface area contributed by atoms with Gasteiger partial charge < -0.3 is 15.7 Å². The normalized spacial score (nSPS) is 16.4. The molecule has 0 aliphatic heterocycles. The highest BCUT2D eigenvalue weighted by Crippen LogP contribution is 2.17. The van der Waals surface area contributed by atoms with Crippen molar-refractivity contribution in [2.45, 2.75) is 39.2 Å². The number of urea groups is 1. The van der Waals surface area contributed by atoms with Crippen molar-refractivity contribution in [3.05, 3.63) is 12.2 Å². The molecule has 4 heteroatoms. The van der Waals surface area contributed by atoms with E-state index in [2.05, 4.69) is 22.8 Å². The Kier molecular flexibility index (Phi) is 4.80.